The number of amides is 2. The number of halogens is 1. The Hall–Kier alpha value is -2.69. The normalized spacial score (nSPS) is 17.0. The number of rotatable bonds is 4. The number of anilines is 2. The van der Waals surface area contributed by atoms with E-state index in [4.69, 9.17) is 0 Å². The SMILES string of the molecule is CCc1cccc(C)c1NC(=O)[C@@H]1CC(=O)N(c2ccc(F)cc2)C1. The van der Waals surface area contributed by atoms with Crippen LogP contribution < -0.4 is 10.2 Å². The molecule has 1 aliphatic rings. The van der Waals surface area contributed by atoms with E-state index in [1.807, 2.05) is 32.0 Å². The molecule has 0 aromatic heterocycles. The summed E-state index contributed by atoms with van der Waals surface area (Å²) in [6, 6.07) is 11.7. The van der Waals surface area contributed by atoms with Crippen molar-refractivity contribution >= 4 is 23.2 Å². The van der Waals surface area contributed by atoms with Gasteiger partial charge in [0.2, 0.25) is 11.8 Å². The summed E-state index contributed by atoms with van der Waals surface area (Å²) >= 11 is 0. The molecule has 1 aliphatic heterocycles. The summed E-state index contributed by atoms with van der Waals surface area (Å²) in [5.41, 5.74) is 3.54. The summed E-state index contributed by atoms with van der Waals surface area (Å²) < 4.78 is 13.1. The minimum atomic E-state index is -0.415. The number of hydrogen-bond acceptors (Lipinski definition) is 2. The van der Waals surface area contributed by atoms with Crippen LogP contribution in [0.15, 0.2) is 42.5 Å². The largest absolute Gasteiger partial charge is 0.325 e. The van der Waals surface area contributed by atoms with Crippen LogP contribution in [0.5, 0.6) is 0 Å². The molecule has 130 valence electrons. The van der Waals surface area contributed by atoms with Crippen molar-refractivity contribution in [3.8, 4) is 0 Å². The van der Waals surface area contributed by atoms with Crippen LogP contribution in [-0.4, -0.2) is 18.4 Å². The van der Waals surface area contributed by atoms with Gasteiger partial charge in [0.1, 0.15) is 5.82 Å². The predicted octanol–water partition coefficient (Wildman–Crippen LogP) is 3.69. The molecular weight excluding hydrogens is 319 g/mol. The summed E-state index contributed by atoms with van der Waals surface area (Å²) in [6.45, 7) is 4.31. The average Bonchev–Trinajstić information content (AvgIpc) is 2.99. The van der Waals surface area contributed by atoms with E-state index >= 15 is 0 Å². The third kappa shape index (κ3) is 3.55. The Morgan fingerprint density at radius 1 is 1.24 bits per heavy atom. The third-order valence-corrected chi connectivity index (χ3v) is 4.62. The highest BCUT2D eigenvalue weighted by Gasteiger charge is 2.35. The van der Waals surface area contributed by atoms with E-state index < -0.39 is 5.92 Å². The maximum atomic E-state index is 13.1. The minimum absolute atomic E-state index is 0.118. The van der Waals surface area contributed by atoms with Gasteiger partial charge in [-0.05, 0) is 48.7 Å². The van der Waals surface area contributed by atoms with Gasteiger partial charge in [-0.3, -0.25) is 9.59 Å². The van der Waals surface area contributed by atoms with Crippen molar-refractivity contribution in [2.24, 2.45) is 5.92 Å². The van der Waals surface area contributed by atoms with Crippen molar-refractivity contribution in [3.05, 3.63) is 59.4 Å². The first-order chi connectivity index (χ1) is 12.0. The van der Waals surface area contributed by atoms with Crippen LogP contribution in [0, 0.1) is 18.7 Å². The fourth-order valence-corrected chi connectivity index (χ4v) is 3.18. The number of nitrogens with one attached hydrogen (secondary N) is 1. The minimum Gasteiger partial charge on any atom is -0.325 e. The van der Waals surface area contributed by atoms with Gasteiger partial charge >= 0.3 is 0 Å². The Labute approximate surface area is 146 Å². The molecule has 0 spiro atoms. The van der Waals surface area contributed by atoms with E-state index in [1.54, 1.807) is 17.0 Å². The second-order valence-corrected chi connectivity index (χ2v) is 6.33. The average molecular weight is 340 g/mol. The van der Waals surface area contributed by atoms with Gasteiger partial charge in [-0.25, -0.2) is 4.39 Å². The molecule has 4 nitrogen and oxygen atoms in total. The fourth-order valence-electron chi connectivity index (χ4n) is 3.18. The number of carbonyl (C=O) groups is 2. The number of carbonyl (C=O) groups excluding carboxylic acids is 2. The van der Waals surface area contributed by atoms with E-state index in [1.165, 1.54) is 12.1 Å². The Morgan fingerprint density at radius 3 is 2.64 bits per heavy atom. The number of nitrogens with zero attached hydrogens (tertiary/aromatic N) is 1. The number of aryl methyl sites for hydroxylation is 2. The number of para-hydroxylation sites is 1. The van der Waals surface area contributed by atoms with Crippen molar-refractivity contribution in [3.63, 3.8) is 0 Å². The van der Waals surface area contributed by atoms with Crippen molar-refractivity contribution in [2.75, 3.05) is 16.8 Å². The predicted molar refractivity (Wildman–Crippen MR) is 96.0 cm³/mol. The molecule has 3 rings (SSSR count). The molecule has 25 heavy (non-hydrogen) atoms. The summed E-state index contributed by atoms with van der Waals surface area (Å²) in [6.07, 6.45) is 0.985. The second kappa shape index (κ2) is 7.05. The molecule has 0 radical (unpaired) electrons. The maximum absolute atomic E-state index is 13.1. The molecule has 1 saturated heterocycles. The van der Waals surface area contributed by atoms with Crippen molar-refractivity contribution in [1.82, 2.24) is 0 Å². The van der Waals surface area contributed by atoms with Gasteiger partial charge < -0.3 is 10.2 Å². The molecule has 0 unspecified atom stereocenters. The second-order valence-electron chi connectivity index (χ2n) is 6.33. The zero-order valence-corrected chi connectivity index (χ0v) is 14.4. The van der Waals surface area contributed by atoms with Gasteiger partial charge in [-0.15, -0.1) is 0 Å². The van der Waals surface area contributed by atoms with Gasteiger partial charge in [0.25, 0.3) is 0 Å². The molecular formula is C20H21FN2O2. The van der Waals surface area contributed by atoms with Gasteiger partial charge in [0.05, 0.1) is 5.92 Å². The molecule has 0 aliphatic carbocycles. The Bertz CT molecular complexity index is 802. The van der Waals surface area contributed by atoms with Gasteiger partial charge in [0, 0.05) is 24.3 Å². The Morgan fingerprint density at radius 2 is 1.96 bits per heavy atom. The molecule has 1 atom stereocenters. The van der Waals surface area contributed by atoms with Crippen molar-refractivity contribution in [1.29, 1.82) is 0 Å². The number of benzene rings is 2. The molecule has 1 fully saturated rings. The molecule has 5 heteroatoms. The van der Waals surface area contributed by atoms with Crippen molar-refractivity contribution < 1.29 is 14.0 Å². The third-order valence-electron chi connectivity index (χ3n) is 4.62. The van der Waals surface area contributed by atoms with Crippen LogP contribution in [0.25, 0.3) is 0 Å². The van der Waals surface area contributed by atoms with E-state index in [-0.39, 0.29) is 24.1 Å². The summed E-state index contributed by atoms with van der Waals surface area (Å²) in [5.74, 6) is -1.03. The summed E-state index contributed by atoms with van der Waals surface area (Å²) in [7, 11) is 0. The molecule has 2 aromatic carbocycles. The first kappa shape index (κ1) is 17.1. The first-order valence-corrected chi connectivity index (χ1v) is 8.45. The summed E-state index contributed by atoms with van der Waals surface area (Å²) in [5, 5.41) is 3.00. The van der Waals surface area contributed by atoms with Crippen LogP contribution in [0.4, 0.5) is 15.8 Å². The standard InChI is InChI=1S/C20H21FN2O2/c1-3-14-6-4-5-13(2)19(14)22-20(25)15-11-18(24)23(12-15)17-9-7-16(21)8-10-17/h4-10,15H,3,11-12H2,1-2H3,(H,22,25)/t15-/m1/s1. The quantitative estimate of drug-likeness (QED) is 0.923. The van der Waals surface area contributed by atoms with Crippen LogP contribution in [0.1, 0.15) is 24.5 Å². The van der Waals surface area contributed by atoms with Crippen LogP contribution in [-0.2, 0) is 16.0 Å². The molecule has 0 saturated carbocycles. The molecule has 0 bridgehead atoms. The monoisotopic (exact) mass is 340 g/mol. The molecule has 1 heterocycles. The lowest BCUT2D eigenvalue weighted by atomic mass is 10.0. The van der Waals surface area contributed by atoms with Crippen LogP contribution in [0.3, 0.4) is 0 Å². The fraction of sp³-hybridized carbons (Fsp3) is 0.300. The zero-order valence-electron chi connectivity index (χ0n) is 14.4. The van der Waals surface area contributed by atoms with E-state index in [9.17, 15) is 14.0 Å². The summed E-state index contributed by atoms with van der Waals surface area (Å²) in [4.78, 5) is 26.5. The Balaban J connectivity index is 1.74. The smallest absolute Gasteiger partial charge is 0.229 e. The number of hydrogen-bond donors (Lipinski definition) is 1. The maximum Gasteiger partial charge on any atom is 0.229 e. The van der Waals surface area contributed by atoms with Crippen LogP contribution >= 0.6 is 0 Å². The van der Waals surface area contributed by atoms with Gasteiger partial charge in [-0.2, -0.15) is 0 Å². The molecule has 1 N–H and O–H groups in total. The highest BCUT2D eigenvalue weighted by atomic mass is 19.1. The van der Waals surface area contributed by atoms with Crippen molar-refractivity contribution in [2.45, 2.75) is 26.7 Å². The zero-order chi connectivity index (χ0) is 18.0. The van der Waals surface area contributed by atoms with Crippen LogP contribution in [0.2, 0.25) is 0 Å². The van der Waals surface area contributed by atoms with E-state index in [0.29, 0.717) is 12.2 Å². The highest BCUT2D eigenvalue weighted by molar-refractivity contribution is 6.03. The highest BCUT2D eigenvalue weighted by Crippen LogP contribution is 2.28. The van der Waals surface area contributed by atoms with Gasteiger partial charge in [0.15, 0.2) is 0 Å². The Kier molecular flexibility index (Phi) is 4.83. The van der Waals surface area contributed by atoms with Gasteiger partial charge in [-0.1, -0.05) is 25.1 Å². The lowest BCUT2D eigenvalue weighted by Gasteiger charge is -2.18. The van der Waals surface area contributed by atoms with E-state index in [0.717, 1.165) is 23.2 Å². The molecule has 2 aromatic rings. The lowest BCUT2D eigenvalue weighted by molar-refractivity contribution is -0.122. The lowest BCUT2D eigenvalue weighted by Crippen LogP contribution is -2.28. The van der Waals surface area contributed by atoms with E-state index in [2.05, 4.69) is 5.32 Å². The first-order valence-electron chi connectivity index (χ1n) is 8.45. The molecule has 2 amide bonds. The topological polar surface area (TPSA) is 49.4 Å².